The van der Waals surface area contributed by atoms with Crippen LogP contribution in [-0.2, 0) is 43.0 Å². The van der Waals surface area contributed by atoms with Crippen LogP contribution in [0.4, 0.5) is 0 Å². The molecule has 1 unspecified atom stereocenters. The second kappa shape index (κ2) is 11.3. The van der Waals surface area contributed by atoms with Crippen LogP contribution in [0.2, 0.25) is 0 Å². The van der Waals surface area contributed by atoms with Crippen LogP contribution in [0, 0.1) is 0 Å². The summed E-state index contributed by atoms with van der Waals surface area (Å²) in [7, 11) is 0. The lowest BCUT2D eigenvalue weighted by Crippen LogP contribution is -2.47. The Balaban J connectivity index is 5.20. The molecule has 0 aliphatic rings. The molecule has 0 bridgehead atoms. The molecule has 0 aliphatic heterocycles. The average molecular weight is 406 g/mol. The van der Waals surface area contributed by atoms with Crippen LogP contribution in [-0.4, -0.2) is 67.8 Å². The number of carbonyl (C=O) groups is 7. The number of hydrogen-bond acceptors (Lipinski definition) is 9. The molecule has 0 fully saturated rings. The van der Waals surface area contributed by atoms with Gasteiger partial charge in [0.25, 0.3) is 0 Å². The summed E-state index contributed by atoms with van der Waals surface area (Å²) in [6, 6.07) is 0. The van der Waals surface area contributed by atoms with E-state index in [2.05, 4.69) is 9.47 Å². The lowest BCUT2D eigenvalue weighted by atomic mass is 9.95. The van der Waals surface area contributed by atoms with Crippen LogP contribution in [0.5, 0.6) is 0 Å². The highest BCUT2D eigenvalue weighted by Gasteiger charge is 2.47. The van der Waals surface area contributed by atoms with Gasteiger partial charge in [0.05, 0.1) is 25.7 Å². The van der Waals surface area contributed by atoms with Crippen molar-refractivity contribution in [1.82, 2.24) is 0 Å². The predicted octanol–water partition coefficient (Wildman–Crippen LogP) is -0.593. The first-order valence-electron chi connectivity index (χ1n) is 7.72. The fourth-order valence-corrected chi connectivity index (χ4v) is 1.88. The summed E-state index contributed by atoms with van der Waals surface area (Å²) in [5, 5.41) is 35.1. The molecule has 0 amide bonds. The van der Waals surface area contributed by atoms with E-state index in [0.29, 0.717) is 0 Å². The lowest BCUT2D eigenvalue weighted by Gasteiger charge is -2.26. The molecule has 4 N–H and O–H groups in total. The Morgan fingerprint density at radius 2 is 1.18 bits per heavy atom. The Morgan fingerprint density at radius 1 is 0.607 bits per heavy atom. The van der Waals surface area contributed by atoms with Gasteiger partial charge >= 0.3 is 41.8 Å². The van der Waals surface area contributed by atoms with Gasteiger partial charge in [0.15, 0.2) is 0 Å². The van der Waals surface area contributed by atoms with E-state index < -0.39 is 85.9 Å². The topological polar surface area (TPSA) is 219 Å². The quantitative estimate of drug-likeness (QED) is 0.222. The molecule has 0 aromatic carbocycles. The molecule has 0 aromatic heterocycles. The van der Waals surface area contributed by atoms with Crippen LogP contribution in [0.25, 0.3) is 0 Å². The summed E-state index contributed by atoms with van der Waals surface area (Å²) < 4.78 is 8.84. The normalized spacial score (nSPS) is 12.3. The number of hydrogen-bond donors (Lipinski definition) is 4. The maximum Gasteiger partial charge on any atom is 0.349 e. The van der Waals surface area contributed by atoms with E-state index in [0.717, 1.165) is 0 Å². The van der Waals surface area contributed by atoms with Crippen molar-refractivity contribution in [3.8, 4) is 0 Å². The number of esters is 3. The van der Waals surface area contributed by atoms with Gasteiger partial charge in [-0.3, -0.25) is 28.8 Å². The third-order valence-corrected chi connectivity index (χ3v) is 3.11. The first kappa shape index (κ1) is 24.5. The molecular formula is C15H18O13. The largest absolute Gasteiger partial charge is 0.481 e. The van der Waals surface area contributed by atoms with Gasteiger partial charge < -0.3 is 29.9 Å². The Hall–Kier alpha value is -3.51. The minimum atomic E-state index is -2.89. The van der Waals surface area contributed by atoms with E-state index in [1.165, 1.54) is 0 Å². The molecule has 28 heavy (non-hydrogen) atoms. The Bertz CT molecular complexity index is 665. The Morgan fingerprint density at radius 3 is 1.64 bits per heavy atom. The molecule has 0 spiro atoms. The standard InChI is InChI=1S/C15H18O13/c16-8(17)2-1-3-12(23)28-15(14(25)26,6-10(20)21)7-13(24)27-11(22)5-4-9(18)19/h1-7H2,(H,16,17)(H,18,19)(H,20,21)(H,25,26). The van der Waals surface area contributed by atoms with Crippen molar-refractivity contribution in [3.05, 3.63) is 0 Å². The van der Waals surface area contributed by atoms with Gasteiger partial charge in [-0.2, -0.15) is 0 Å². The maximum absolute atomic E-state index is 11.8. The maximum atomic E-state index is 11.8. The highest BCUT2D eigenvalue weighted by atomic mass is 16.6. The fourth-order valence-electron chi connectivity index (χ4n) is 1.88. The van der Waals surface area contributed by atoms with Crippen molar-refractivity contribution in [1.29, 1.82) is 0 Å². The molecular weight excluding hydrogens is 388 g/mol. The van der Waals surface area contributed by atoms with E-state index in [9.17, 15) is 38.7 Å². The molecule has 1 atom stereocenters. The minimum absolute atomic E-state index is 0.227. The van der Waals surface area contributed by atoms with Crippen LogP contribution in [0.3, 0.4) is 0 Å². The van der Waals surface area contributed by atoms with Crippen LogP contribution >= 0.6 is 0 Å². The third kappa shape index (κ3) is 9.84. The van der Waals surface area contributed by atoms with E-state index in [-0.39, 0.29) is 6.42 Å². The summed E-state index contributed by atoms with van der Waals surface area (Å²) in [6.45, 7) is 0. The summed E-state index contributed by atoms with van der Waals surface area (Å²) in [5.41, 5.74) is -2.89. The fraction of sp³-hybridized carbons (Fsp3) is 0.533. The summed E-state index contributed by atoms with van der Waals surface area (Å²) in [5.74, 6) is -10.4. The van der Waals surface area contributed by atoms with Gasteiger partial charge in [0.1, 0.15) is 0 Å². The zero-order valence-electron chi connectivity index (χ0n) is 14.4. The highest BCUT2D eigenvalue weighted by molar-refractivity contribution is 5.94. The number of carboxylic acids is 4. The molecule has 13 nitrogen and oxygen atoms in total. The molecule has 0 aromatic rings. The molecule has 0 heterocycles. The minimum Gasteiger partial charge on any atom is -0.481 e. The van der Waals surface area contributed by atoms with Gasteiger partial charge in [0, 0.05) is 12.8 Å². The molecule has 0 rings (SSSR count). The first-order chi connectivity index (χ1) is 12.9. The van der Waals surface area contributed by atoms with E-state index in [1.54, 1.807) is 0 Å². The van der Waals surface area contributed by atoms with Gasteiger partial charge in [-0.15, -0.1) is 0 Å². The zero-order valence-corrected chi connectivity index (χ0v) is 14.4. The molecule has 0 saturated carbocycles. The van der Waals surface area contributed by atoms with Crippen molar-refractivity contribution >= 4 is 41.8 Å². The van der Waals surface area contributed by atoms with E-state index >= 15 is 0 Å². The number of rotatable bonds is 13. The van der Waals surface area contributed by atoms with Crippen LogP contribution in [0.1, 0.15) is 44.9 Å². The van der Waals surface area contributed by atoms with Gasteiger partial charge in [-0.1, -0.05) is 0 Å². The smallest absolute Gasteiger partial charge is 0.349 e. The summed E-state index contributed by atoms with van der Waals surface area (Å²) in [4.78, 5) is 78.1. The van der Waals surface area contributed by atoms with Crippen LogP contribution < -0.4 is 0 Å². The van der Waals surface area contributed by atoms with Crippen molar-refractivity contribution in [2.45, 2.75) is 50.5 Å². The molecule has 13 heteroatoms. The number of carboxylic acid groups (broad SMARTS) is 4. The highest BCUT2D eigenvalue weighted by Crippen LogP contribution is 2.24. The second-order valence-corrected chi connectivity index (χ2v) is 5.51. The van der Waals surface area contributed by atoms with Crippen molar-refractivity contribution in [3.63, 3.8) is 0 Å². The molecule has 0 saturated heterocycles. The van der Waals surface area contributed by atoms with Gasteiger partial charge in [0.2, 0.25) is 5.60 Å². The monoisotopic (exact) mass is 406 g/mol. The van der Waals surface area contributed by atoms with Gasteiger partial charge in [-0.25, -0.2) is 4.79 Å². The molecule has 156 valence electrons. The van der Waals surface area contributed by atoms with E-state index in [1.807, 2.05) is 0 Å². The average Bonchev–Trinajstić information content (AvgIpc) is 2.51. The SMILES string of the molecule is O=C(O)CCCC(=O)OC(CC(=O)O)(CC(=O)OC(=O)CCC(=O)O)C(=O)O. The lowest BCUT2D eigenvalue weighted by molar-refractivity contribution is -0.187. The van der Waals surface area contributed by atoms with Crippen LogP contribution in [0.15, 0.2) is 0 Å². The number of carbonyl (C=O) groups excluding carboxylic acids is 3. The molecule has 0 radical (unpaired) electrons. The summed E-state index contributed by atoms with van der Waals surface area (Å²) in [6.07, 6.45) is -5.26. The predicted molar refractivity (Wildman–Crippen MR) is 82.8 cm³/mol. The number of ether oxygens (including phenoxy) is 2. The van der Waals surface area contributed by atoms with E-state index in [4.69, 9.17) is 15.3 Å². The zero-order chi connectivity index (χ0) is 21.9. The Labute approximate surface area is 156 Å². The third-order valence-electron chi connectivity index (χ3n) is 3.11. The Kier molecular flexibility index (Phi) is 9.84. The number of aliphatic carboxylic acids is 4. The van der Waals surface area contributed by atoms with Gasteiger partial charge in [-0.05, 0) is 6.42 Å². The molecule has 0 aliphatic carbocycles. The van der Waals surface area contributed by atoms with Crippen molar-refractivity contribution in [2.24, 2.45) is 0 Å². The first-order valence-corrected chi connectivity index (χ1v) is 7.72. The summed E-state index contributed by atoms with van der Waals surface area (Å²) >= 11 is 0. The second-order valence-electron chi connectivity index (χ2n) is 5.51. The van der Waals surface area contributed by atoms with Crippen molar-refractivity contribution < 1.29 is 63.5 Å². The van der Waals surface area contributed by atoms with Crippen molar-refractivity contribution in [2.75, 3.05) is 0 Å².